The first-order chi connectivity index (χ1) is 24.8. The normalized spacial score (nSPS) is 14.5. The van der Waals surface area contributed by atoms with E-state index >= 15 is 0 Å². The lowest BCUT2D eigenvalue weighted by Gasteiger charge is -2.31. The molecule has 0 N–H and O–H groups in total. The van der Waals surface area contributed by atoms with Crippen molar-refractivity contribution in [3.63, 3.8) is 0 Å². The van der Waals surface area contributed by atoms with Crippen LogP contribution in [-0.4, -0.2) is 21.1 Å². The molecule has 6 heterocycles. The van der Waals surface area contributed by atoms with Crippen molar-refractivity contribution >= 4 is 101 Å². The summed E-state index contributed by atoms with van der Waals surface area (Å²) >= 11 is 3.88. The second kappa shape index (κ2) is 9.21. The maximum atomic E-state index is 6.86. The highest BCUT2D eigenvalue weighted by atomic mass is 32.2. The van der Waals surface area contributed by atoms with Crippen molar-refractivity contribution in [1.29, 1.82) is 0 Å². The summed E-state index contributed by atoms with van der Waals surface area (Å²) in [4.78, 5) is 2.56. The van der Waals surface area contributed by atoms with Gasteiger partial charge in [0.05, 0.1) is 22.1 Å². The molecule has 0 radical (unpaired) electrons. The SMILES string of the molecule is c1cc2c3c(c1)-n1c4ccccc4c4cccc(c41)SB3c1cc3c(cc1O2)Oc1cccc2c1B3Sc1cccc3c4ccccc4n-2c13. The smallest absolute Gasteiger partial charge is 0.291 e. The number of ether oxygens (including phenoxy) is 2. The van der Waals surface area contributed by atoms with Crippen LogP contribution in [0.25, 0.3) is 55.0 Å². The van der Waals surface area contributed by atoms with E-state index in [0.29, 0.717) is 0 Å². The Morgan fingerprint density at radius 2 is 0.880 bits per heavy atom. The van der Waals surface area contributed by atoms with Gasteiger partial charge in [0, 0.05) is 59.7 Å². The van der Waals surface area contributed by atoms with Crippen LogP contribution in [0.15, 0.2) is 143 Å². The highest BCUT2D eigenvalue weighted by molar-refractivity contribution is 8.28. The van der Waals surface area contributed by atoms with E-state index in [1.54, 1.807) is 0 Å². The molecule has 2 aromatic heterocycles. The number of benzene rings is 7. The number of fused-ring (bicyclic) bond motifs is 12. The Morgan fingerprint density at radius 3 is 1.40 bits per heavy atom. The minimum Gasteiger partial charge on any atom is -0.458 e. The summed E-state index contributed by atoms with van der Waals surface area (Å²) in [6.07, 6.45) is 0. The van der Waals surface area contributed by atoms with Crippen LogP contribution >= 0.6 is 23.2 Å². The van der Waals surface area contributed by atoms with Gasteiger partial charge in [0.25, 0.3) is 12.0 Å². The Kier molecular flexibility index (Phi) is 4.87. The van der Waals surface area contributed by atoms with Crippen LogP contribution in [0, 0.1) is 0 Å². The first kappa shape index (κ1) is 26.4. The number of aromatic nitrogens is 2. The molecule has 0 saturated carbocycles. The molecule has 13 rings (SSSR count). The van der Waals surface area contributed by atoms with Gasteiger partial charge >= 0.3 is 0 Å². The third-order valence-corrected chi connectivity index (χ3v) is 13.7. The number of hydrogen-bond donors (Lipinski definition) is 0. The zero-order chi connectivity index (χ0) is 32.2. The molecule has 0 saturated heterocycles. The standard InChI is InChI=1S/C42H22B2N2O2S2/c1-3-13-29-23(9-1)25-11-5-19-37-41(25)45(29)31-15-7-17-33-39(31)43(49-37)27-21-28-36(22-35(27)47-33)48-34-18-8-16-32-40(34)44(28)50-38-20-6-12-26-24-10-2-4-14-30(24)46(32)42(26)38/h1-22H. The Morgan fingerprint density at radius 1 is 0.420 bits per heavy atom. The number of hydrogen-bond acceptors (Lipinski definition) is 4. The van der Waals surface area contributed by atoms with Gasteiger partial charge in [-0.15, -0.1) is 0 Å². The fourth-order valence-electron chi connectivity index (χ4n) is 9.05. The zero-order valence-electron chi connectivity index (χ0n) is 26.4. The fraction of sp³-hybridized carbons (Fsp3) is 0. The van der Waals surface area contributed by atoms with Crippen molar-refractivity contribution in [2.75, 3.05) is 0 Å². The van der Waals surface area contributed by atoms with Crippen molar-refractivity contribution in [3.8, 4) is 34.4 Å². The van der Waals surface area contributed by atoms with Crippen LogP contribution in [0.2, 0.25) is 0 Å². The molecule has 0 bridgehead atoms. The van der Waals surface area contributed by atoms with E-state index in [4.69, 9.17) is 9.47 Å². The lowest BCUT2D eigenvalue weighted by atomic mass is 9.54. The quantitative estimate of drug-likeness (QED) is 0.151. The molecule has 9 aromatic rings. The molecule has 0 amide bonds. The molecule has 0 spiro atoms. The van der Waals surface area contributed by atoms with Gasteiger partial charge < -0.3 is 18.6 Å². The molecule has 4 aliphatic heterocycles. The lowest BCUT2D eigenvalue weighted by Crippen LogP contribution is -2.50. The predicted molar refractivity (Wildman–Crippen MR) is 210 cm³/mol. The van der Waals surface area contributed by atoms with Gasteiger partial charge in [0.2, 0.25) is 0 Å². The summed E-state index contributed by atoms with van der Waals surface area (Å²) in [6.45, 7) is 0. The number of rotatable bonds is 0. The van der Waals surface area contributed by atoms with Crippen molar-refractivity contribution in [2.24, 2.45) is 0 Å². The maximum Gasteiger partial charge on any atom is 0.291 e. The van der Waals surface area contributed by atoms with Gasteiger partial charge in [-0.25, -0.2) is 0 Å². The average Bonchev–Trinajstić information content (AvgIpc) is 3.56. The molecule has 0 fully saturated rings. The minimum absolute atomic E-state index is 0.0491. The monoisotopic (exact) mass is 672 g/mol. The minimum atomic E-state index is 0.0491. The zero-order valence-corrected chi connectivity index (χ0v) is 28.0. The van der Waals surface area contributed by atoms with Gasteiger partial charge in [-0.3, -0.25) is 0 Å². The molecule has 8 heteroatoms. The second-order valence-corrected chi connectivity index (χ2v) is 15.8. The summed E-state index contributed by atoms with van der Waals surface area (Å²) in [5.74, 6) is 3.65. The number of para-hydroxylation sites is 4. The molecule has 4 nitrogen and oxygen atoms in total. The highest BCUT2D eigenvalue weighted by Gasteiger charge is 2.43. The van der Waals surface area contributed by atoms with Gasteiger partial charge in [-0.1, -0.05) is 78.9 Å². The fourth-order valence-corrected chi connectivity index (χ4v) is 11.8. The van der Waals surface area contributed by atoms with Gasteiger partial charge in [-0.05, 0) is 59.5 Å². The van der Waals surface area contributed by atoms with E-state index < -0.39 is 0 Å². The van der Waals surface area contributed by atoms with Crippen LogP contribution in [0.3, 0.4) is 0 Å². The molecule has 4 aliphatic rings. The molecule has 0 atom stereocenters. The van der Waals surface area contributed by atoms with E-state index in [2.05, 4.69) is 143 Å². The number of nitrogens with zero attached hydrogens (tertiary/aromatic N) is 2. The van der Waals surface area contributed by atoms with Gasteiger partial charge in [0.1, 0.15) is 23.0 Å². The van der Waals surface area contributed by atoms with E-state index in [-0.39, 0.29) is 12.0 Å². The van der Waals surface area contributed by atoms with Crippen molar-refractivity contribution < 1.29 is 9.47 Å². The topological polar surface area (TPSA) is 28.3 Å². The van der Waals surface area contributed by atoms with E-state index in [1.165, 1.54) is 86.6 Å². The Balaban J connectivity index is 1.06. The van der Waals surface area contributed by atoms with Crippen LogP contribution in [0.4, 0.5) is 0 Å². The van der Waals surface area contributed by atoms with Crippen molar-refractivity contribution in [1.82, 2.24) is 9.13 Å². The summed E-state index contributed by atoms with van der Waals surface area (Å²) < 4.78 is 18.7. The Bertz CT molecular complexity index is 2840. The highest BCUT2D eigenvalue weighted by Crippen LogP contribution is 2.46. The van der Waals surface area contributed by atoms with E-state index in [9.17, 15) is 0 Å². The lowest BCUT2D eigenvalue weighted by molar-refractivity contribution is 0.466. The van der Waals surface area contributed by atoms with Crippen molar-refractivity contribution in [3.05, 3.63) is 133 Å². The summed E-state index contributed by atoms with van der Waals surface area (Å²) in [6, 6.07) is 48.6. The van der Waals surface area contributed by atoms with Gasteiger partial charge in [-0.2, -0.15) is 23.2 Å². The molecule has 230 valence electrons. The molecule has 0 aliphatic carbocycles. The van der Waals surface area contributed by atoms with E-state index in [1.807, 2.05) is 23.2 Å². The Hall–Kier alpha value is -5.43. The maximum absolute atomic E-state index is 6.86. The van der Waals surface area contributed by atoms with Crippen LogP contribution < -0.4 is 31.3 Å². The Labute approximate surface area is 295 Å². The summed E-state index contributed by atoms with van der Waals surface area (Å²) in [5, 5.41) is 5.12. The van der Waals surface area contributed by atoms with Gasteiger partial charge in [0.15, 0.2) is 0 Å². The molecule has 0 unspecified atom stereocenters. The molecule has 50 heavy (non-hydrogen) atoms. The summed E-state index contributed by atoms with van der Waals surface area (Å²) in [5.41, 5.74) is 12.2. The van der Waals surface area contributed by atoms with Crippen LogP contribution in [0.1, 0.15) is 0 Å². The third-order valence-electron chi connectivity index (χ3n) is 11.0. The summed E-state index contributed by atoms with van der Waals surface area (Å²) in [7, 11) is 0. The molecular weight excluding hydrogens is 650 g/mol. The largest absolute Gasteiger partial charge is 0.458 e. The predicted octanol–water partition coefficient (Wildman–Crippen LogP) is 8.52. The average molecular weight is 672 g/mol. The first-order valence-corrected chi connectivity index (χ1v) is 18.7. The third kappa shape index (κ3) is 3.16. The second-order valence-electron chi connectivity index (χ2n) is 13.5. The molecular formula is C42H22B2N2O2S2. The van der Waals surface area contributed by atoms with Crippen molar-refractivity contribution in [2.45, 2.75) is 9.79 Å². The van der Waals surface area contributed by atoms with E-state index in [0.717, 1.165) is 23.0 Å². The molecule has 7 aromatic carbocycles. The van der Waals surface area contributed by atoms with Crippen LogP contribution in [0.5, 0.6) is 23.0 Å². The first-order valence-electron chi connectivity index (χ1n) is 17.0. The van der Waals surface area contributed by atoms with Crippen LogP contribution in [-0.2, 0) is 0 Å².